The molecule has 0 unspecified atom stereocenters. The average Bonchev–Trinajstić information content (AvgIpc) is 3.11. The van der Waals surface area contributed by atoms with E-state index in [1.54, 1.807) is 30.3 Å². The van der Waals surface area contributed by atoms with Crippen molar-refractivity contribution >= 4 is 51.0 Å². The van der Waals surface area contributed by atoms with Gasteiger partial charge in [-0.25, -0.2) is 9.79 Å². The van der Waals surface area contributed by atoms with Crippen LogP contribution in [-0.2, 0) is 9.53 Å². The van der Waals surface area contributed by atoms with Crippen LogP contribution >= 0.6 is 22.9 Å². The van der Waals surface area contributed by atoms with Crippen LogP contribution in [-0.4, -0.2) is 17.0 Å². The van der Waals surface area contributed by atoms with Crippen LogP contribution in [0, 0.1) is 0 Å². The van der Waals surface area contributed by atoms with Gasteiger partial charge in [0.1, 0.15) is 10.6 Å². The van der Waals surface area contributed by atoms with Gasteiger partial charge in [-0.1, -0.05) is 41.9 Å². The molecule has 0 atom stereocenters. The molecular formula is C18H10ClNO3S. The predicted molar refractivity (Wildman–Crippen MR) is 95.5 cm³/mol. The number of rotatable bonds is 2. The standard InChI is InChI=1S/C18H10ClNO3S/c19-15-12-3-1-2-4-14(12)24-16(15)17-20-13(18(22)23-17)9-10-5-7-11(21)8-6-10/h1-9,21H/b13-9+. The van der Waals surface area contributed by atoms with Gasteiger partial charge in [-0.05, 0) is 29.8 Å². The third-order valence-electron chi connectivity index (χ3n) is 3.55. The maximum absolute atomic E-state index is 12.1. The Morgan fingerprint density at radius 1 is 1.12 bits per heavy atom. The van der Waals surface area contributed by atoms with Gasteiger partial charge in [0.15, 0.2) is 5.70 Å². The fourth-order valence-electron chi connectivity index (χ4n) is 2.39. The number of carbonyl (C=O) groups is 1. The van der Waals surface area contributed by atoms with E-state index in [0.29, 0.717) is 9.90 Å². The Hall–Kier alpha value is -2.63. The zero-order chi connectivity index (χ0) is 16.7. The van der Waals surface area contributed by atoms with Crippen LogP contribution < -0.4 is 0 Å². The number of aromatic hydroxyl groups is 1. The summed E-state index contributed by atoms with van der Waals surface area (Å²) < 4.78 is 6.29. The molecule has 0 fully saturated rings. The first-order valence-electron chi connectivity index (χ1n) is 7.11. The Labute approximate surface area is 146 Å². The van der Waals surface area contributed by atoms with Crippen molar-refractivity contribution in [1.29, 1.82) is 0 Å². The van der Waals surface area contributed by atoms with E-state index in [1.807, 2.05) is 24.3 Å². The smallest absolute Gasteiger partial charge is 0.363 e. The number of carbonyl (C=O) groups excluding carboxylic acids is 1. The van der Waals surface area contributed by atoms with Crippen LogP contribution in [0.4, 0.5) is 0 Å². The number of thiophene rings is 1. The van der Waals surface area contributed by atoms with E-state index in [-0.39, 0.29) is 17.3 Å². The summed E-state index contributed by atoms with van der Waals surface area (Å²) in [6, 6.07) is 14.2. The molecule has 3 aromatic rings. The molecule has 4 rings (SSSR count). The summed E-state index contributed by atoms with van der Waals surface area (Å²) in [5.74, 6) is -0.143. The van der Waals surface area contributed by atoms with E-state index in [1.165, 1.54) is 11.3 Å². The molecule has 2 aromatic carbocycles. The van der Waals surface area contributed by atoms with Crippen LogP contribution in [0.15, 0.2) is 59.2 Å². The molecule has 0 radical (unpaired) electrons. The van der Waals surface area contributed by atoms with E-state index in [4.69, 9.17) is 16.3 Å². The Balaban J connectivity index is 1.75. The van der Waals surface area contributed by atoms with Crippen LogP contribution in [0.3, 0.4) is 0 Å². The largest absolute Gasteiger partial charge is 0.508 e. The minimum absolute atomic E-state index is 0.160. The number of benzene rings is 2. The average molecular weight is 356 g/mol. The van der Waals surface area contributed by atoms with Crippen LogP contribution in [0.2, 0.25) is 5.02 Å². The van der Waals surface area contributed by atoms with Gasteiger partial charge < -0.3 is 9.84 Å². The molecule has 0 saturated heterocycles. The quantitative estimate of drug-likeness (QED) is 0.539. The molecule has 4 nitrogen and oxygen atoms in total. The molecule has 1 aliphatic heterocycles. The third kappa shape index (κ3) is 2.58. The molecule has 1 aromatic heterocycles. The fourth-order valence-corrected chi connectivity index (χ4v) is 3.82. The number of hydrogen-bond acceptors (Lipinski definition) is 5. The highest BCUT2D eigenvalue weighted by Gasteiger charge is 2.27. The molecular weight excluding hydrogens is 346 g/mol. The second-order valence-corrected chi connectivity index (χ2v) is 6.60. The summed E-state index contributed by atoms with van der Waals surface area (Å²) in [6.07, 6.45) is 1.61. The Bertz CT molecular complexity index is 1020. The van der Waals surface area contributed by atoms with E-state index >= 15 is 0 Å². The molecule has 0 spiro atoms. The van der Waals surface area contributed by atoms with Gasteiger partial charge >= 0.3 is 5.97 Å². The molecule has 1 aliphatic rings. The number of phenolic OH excluding ortho intramolecular Hbond substituents is 1. The number of phenols is 1. The molecule has 0 bridgehead atoms. The summed E-state index contributed by atoms with van der Waals surface area (Å²) >= 11 is 7.83. The van der Waals surface area contributed by atoms with Crippen molar-refractivity contribution in [2.45, 2.75) is 0 Å². The summed E-state index contributed by atoms with van der Waals surface area (Å²) in [5, 5.41) is 10.8. The highest BCUT2D eigenvalue weighted by atomic mass is 35.5. The van der Waals surface area contributed by atoms with Gasteiger partial charge in [0.05, 0.1) is 5.02 Å². The van der Waals surface area contributed by atoms with Gasteiger partial charge in [-0.2, -0.15) is 0 Å². The zero-order valence-corrected chi connectivity index (χ0v) is 13.8. The number of nitrogens with zero attached hydrogens (tertiary/aromatic N) is 1. The topological polar surface area (TPSA) is 58.9 Å². The molecule has 2 heterocycles. The molecule has 0 aliphatic carbocycles. The fraction of sp³-hybridized carbons (Fsp3) is 0. The number of cyclic esters (lactones) is 1. The minimum atomic E-state index is -0.522. The van der Waals surface area contributed by atoms with Crippen molar-refractivity contribution in [1.82, 2.24) is 0 Å². The third-order valence-corrected chi connectivity index (χ3v) is 5.21. The zero-order valence-electron chi connectivity index (χ0n) is 12.2. The summed E-state index contributed by atoms with van der Waals surface area (Å²) in [6.45, 7) is 0. The molecule has 118 valence electrons. The van der Waals surface area contributed by atoms with Gasteiger partial charge in [0.2, 0.25) is 5.90 Å². The van der Waals surface area contributed by atoms with Crippen LogP contribution in [0.1, 0.15) is 10.4 Å². The summed E-state index contributed by atoms with van der Waals surface area (Å²) in [7, 11) is 0. The van der Waals surface area contributed by atoms with Crippen molar-refractivity contribution in [3.05, 3.63) is 69.7 Å². The lowest BCUT2D eigenvalue weighted by Gasteiger charge is -1.95. The van der Waals surface area contributed by atoms with E-state index in [0.717, 1.165) is 15.6 Å². The van der Waals surface area contributed by atoms with E-state index in [9.17, 15) is 9.90 Å². The van der Waals surface area contributed by atoms with Crippen molar-refractivity contribution in [2.24, 2.45) is 4.99 Å². The lowest BCUT2D eigenvalue weighted by Crippen LogP contribution is -2.04. The lowest BCUT2D eigenvalue weighted by atomic mass is 10.2. The van der Waals surface area contributed by atoms with E-state index in [2.05, 4.69) is 4.99 Å². The normalized spacial score (nSPS) is 15.8. The van der Waals surface area contributed by atoms with Crippen molar-refractivity contribution in [3.8, 4) is 5.75 Å². The van der Waals surface area contributed by atoms with Crippen molar-refractivity contribution < 1.29 is 14.6 Å². The Morgan fingerprint density at radius 3 is 2.62 bits per heavy atom. The van der Waals surface area contributed by atoms with E-state index < -0.39 is 5.97 Å². The first-order chi connectivity index (χ1) is 11.6. The number of hydrogen-bond donors (Lipinski definition) is 1. The van der Waals surface area contributed by atoms with Gasteiger partial charge in [-0.3, -0.25) is 0 Å². The second-order valence-electron chi connectivity index (χ2n) is 5.17. The first-order valence-corrected chi connectivity index (χ1v) is 8.30. The summed E-state index contributed by atoms with van der Waals surface area (Å²) in [4.78, 5) is 17.0. The van der Waals surface area contributed by atoms with Gasteiger partial charge in [0.25, 0.3) is 0 Å². The highest BCUT2D eigenvalue weighted by Crippen LogP contribution is 2.37. The number of ether oxygens (including phenoxy) is 1. The monoisotopic (exact) mass is 355 g/mol. The number of aliphatic imine (C=N–C) groups is 1. The highest BCUT2D eigenvalue weighted by molar-refractivity contribution is 7.21. The number of esters is 1. The maximum Gasteiger partial charge on any atom is 0.363 e. The SMILES string of the molecule is O=C1OC(c2sc3ccccc3c2Cl)=N/C1=C/c1ccc(O)cc1. The molecule has 6 heteroatoms. The molecule has 1 N–H and O–H groups in total. The van der Waals surface area contributed by atoms with Gasteiger partial charge in [0, 0.05) is 10.1 Å². The lowest BCUT2D eigenvalue weighted by molar-refractivity contribution is -0.129. The predicted octanol–water partition coefficient (Wildman–Crippen LogP) is 4.60. The Morgan fingerprint density at radius 2 is 1.88 bits per heavy atom. The molecule has 24 heavy (non-hydrogen) atoms. The summed E-state index contributed by atoms with van der Waals surface area (Å²) in [5.41, 5.74) is 0.941. The van der Waals surface area contributed by atoms with Gasteiger partial charge in [-0.15, -0.1) is 11.3 Å². The van der Waals surface area contributed by atoms with Crippen molar-refractivity contribution in [2.75, 3.05) is 0 Å². The first kappa shape index (κ1) is 14.9. The second kappa shape index (κ2) is 5.78. The molecule has 0 saturated carbocycles. The Kier molecular flexibility index (Phi) is 3.59. The van der Waals surface area contributed by atoms with Crippen LogP contribution in [0.25, 0.3) is 16.2 Å². The van der Waals surface area contributed by atoms with Crippen molar-refractivity contribution in [3.63, 3.8) is 0 Å². The number of fused-ring (bicyclic) bond motifs is 1. The van der Waals surface area contributed by atoms with Crippen LogP contribution in [0.5, 0.6) is 5.75 Å². The number of halogens is 1. The molecule has 0 amide bonds. The maximum atomic E-state index is 12.1. The minimum Gasteiger partial charge on any atom is -0.508 e.